The lowest BCUT2D eigenvalue weighted by atomic mass is 9.98. The highest BCUT2D eigenvalue weighted by molar-refractivity contribution is 5.74. The van der Waals surface area contributed by atoms with Gasteiger partial charge in [0.1, 0.15) is 17.5 Å². The second-order valence-corrected chi connectivity index (χ2v) is 6.55. The van der Waals surface area contributed by atoms with E-state index in [2.05, 4.69) is 0 Å². The Balaban J connectivity index is 1.95. The summed E-state index contributed by atoms with van der Waals surface area (Å²) >= 11 is 0. The molecule has 0 bridgehead atoms. The minimum atomic E-state index is -0.753. The minimum absolute atomic E-state index is 0.437. The molecule has 5 nitrogen and oxygen atoms in total. The van der Waals surface area contributed by atoms with Gasteiger partial charge in [0.25, 0.3) is 0 Å². The number of methoxy groups -OCH3 is 2. The molecule has 1 unspecified atom stereocenters. The number of rotatable bonds is 6. The normalized spacial score (nSPS) is 17.7. The van der Waals surface area contributed by atoms with Gasteiger partial charge in [-0.3, -0.25) is 9.69 Å². The smallest absolute Gasteiger partial charge is 0.320 e. The minimum Gasteiger partial charge on any atom is -0.496 e. The predicted octanol–water partition coefficient (Wildman–Crippen LogP) is 3.81. The molecule has 2 aromatic rings. The fourth-order valence-corrected chi connectivity index (χ4v) is 3.61. The molecule has 1 aliphatic rings. The third kappa shape index (κ3) is 3.83. The van der Waals surface area contributed by atoms with Crippen molar-refractivity contribution < 1.29 is 19.4 Å². The standard InChI is InChI=1S/C21H25NO4/c1-25-19-13-17(15-8-4-3-5-9-15)20(26-2)12-16(19)14-22-11-7-6-10-18(22)21(23)24/h3-5,8-9,12-13,18H,6-7,10-11,14H2,1-2H3,(H,23,24). The molecule has 0 aromatic heterocycles. The Kier molecular flexibility index (Phi) is 5.78. The van der Waals surface area contributed by atoms with Crippen LogP contribution in [0.25, 0.3) is 11.1 Å². The van der Waals surface area contributed by atoms with E-state index in [1.54, 1.807) is 14.2 Å². The molecule has 0 saturated carbocycles. The number of carbonyl (C=O) groups is 1. The Bertz CT molecular complexity index is 760. The van der Waals surface area contributed by atoms with Crippen molar-refractivity contribution in [2.45, 2.75) is 31.8 Å². The number of likely N-dealkylation sites (tertiary alicyclic amines) is 1. The van der Waals surface area contributed by atoms with Crippen LogP contribution in [-0.2, 0) is 11.3 Å². The van der Waals surface area contributed by atoms with Crippen molar-refractivity contribution >= 4 is 5.97 Å². The first-order valence-corrected chi connectivity index (χ1v) is 8.91. The van der Waals surface area contributed by atoms with Gasteiger partial charge in [-0.1, -0.05) is 36.8 Å². The van der Waals surface area contributed by atoms with Crippen LogP contribution in [0.15, 0.2) is 42.5 Å². The van der Waals surface area contributed by atoms with Crippen molar-refractivity contribution in [1.82, 2.24) is 4.90 Å². The molecule has 0 spiro atoms. The molecule has 3 rings (SSSR count). The van der Waals surface area contributed by atoms with E-state index < -0.39 is 12.0 Å². The van der Waals surface area contributed by atoms with Crippen molar-refractivity contribution in [3.8, 4) is 22.6 Å². The summed E-state index contributed by atoms with van der Waals surface area (Å²) in [5, 5.41) is 9.51. The molecule has 1 saturated heterocycles. The molecule has 0 radical (unpaired) electrons. The summed E-state index contributed by atoms with van der Waals surface area (Å²) in [6.45, 7) is 1.31. The number of hydrogen-bond acceptors (Lipinski definition) is 4. The molecule has 1 aliphatic heterocycles. The lowest BCUT2D eigenvalue weighted by Crippen LogP contribution is -2.44. The van der Waals surface area contributed by atoms with Crippen molar-refractivity contribution in [2.75, 3.05) is 20.8 Å². The Hall–Kier alpha value is -2.53. The van der Waals surface area contributed by atoms with Gasteiger partial charge >= 0.3 is 5.97 Å². The Morgan fingerprint density at radius 3 is 2.50 bits per heavy atom. The third-order valence-corrected chi connectivity index (χ3v) is 4.96. The first-order chi connectivity index (χ1) is 12.6. The number of carboxylic acids is 1. The number of nitrogens with zero attached hydrogens (tertiary/aromatic N) is 1. The molecule has 0 aliphatic carbocycles. The van der Waals surface area contributed by atoms with E-state index in [4.69, 9.17) is 9.47 Å². The number of hydrogen-bond donors (Lipinski definition) is 1. The fraction of sp³-hybridized carbons (Fsp3) is 0.381. The van der Waals surface area contributed by atoms with Crippen LogP contribution in [0.1, 0.15) is 24.8 Å². The molecule has 1 heterocycles. The van der Waals surface area contributed by atoms with Gasteiger partial charge in [-0.05, 0) is 37.1 Å². The second kappa shape index (κ2) is 8.23. The lowest BCUT2D eigenvalue weighted by Gasteiger charge is -2.33. The highest BCUT2D eigenvalue weighted by Crippen LogP contribution is 2.37. The van der Waals surface area contributed by atoms with E-state index in [-0.39, 0.29) is 0 Å². The van der Waals surface area contributed by atoms with Crippen molar-refractivity contribution in [3.63, 3.8) is 0 Å². The number of aliphatic carboxylic acids is 1. The van der Waals surface area contributed by atoms with Crippen LogP contribution in [0, 0.1) is 0 Å². The summed E-state index contributed by atoms with van der Waals surface area (Å²) < 4.78 is 11.2. The van der Waals surface area contributed by atoms with E-state index in [0.717, 1.165) is 47.6 Å². The van der Waals surface area contributed by atoms with Crippen LogP contribution < -0.4 is 9.47 Å². The maximum atomic E-state index is 11.6. The van der Waals surface area contributed by atoms with Gasteiger partial charge in [-0.2, -0.15) is 0 Å². The first-order valence-electron chi connectivity index (χ1n) is 8.91. The molecule has 2 aromatic carbocycles. The zero-order valence-corrected chi connectivity index (χ0v) is 15.3. The maximum Gasteiger partial charge on any atom is 0.320 e. The Labute approximate surface area is 154 Å². The fourth-order valence-electron chi connectivity index (χ4n) is 3.61. The molecule has 0 amide bonds. The van der Waals surface area contributed by atoms with Crippen molar-refractivity contribution in [2.24, 2.45) is 0 Å². The summed E-state index contributed by atoms with van der Waals surface area (Å²) in [6, 6.07) is 13.5. The van der Waals surface area contributed by atoms with Crippen LogP contribution in [0.5, 0.6) is 11.5 Å². The van der Waals surface area contributed by atoms with Crippen molar-refractivity contribution in [1.29, 1.82) is 0 Å². The molecular formula is C21H25NO4. The molecule has 26 heavy (non-hydrogen) atoms. The number of ether oxygens (including phenoxy) is 2. The number of piperidine rings is 1. The van der Waals surface area contributed by atoms with Crippen LogP contribution in [0.4, 0.5) is 0 Å². The molecule has 138 valence electrons. The summed E-state index contributed by atoms with van der Waals surface area (Å²) in [4.78, 5) is 13.6. The highest BCUT2D eigenvalue weighted by Gasteiger charge is 2.29. The van der Waals surface area contributed by atoms with Gasteiger partial charge in [0, 0.05) is 17.7 Å². The maximum absolute atomic E-state index is 11.6. The van der Waals surface area contributed by atoms with E-state index in [1.165, 1.54) is 0 Å². The first kappa shape index (κ1) is 18.3. The highest BCUT2D eigenvalue weighted by atomic mass is 16.5. The van der Waals surface area contributed by atoms with E-state index in [0.29, 0.717) is 13.0 Å². The monoisotopic (exact) mass is 355 g/mol. The number of benzene rings is 2. The molecule has 1 N–H and O–H groups in total. The van der Waals surface area contributed by atoms with Gasteiger partial charge in [0.15, 0.2) is 0 Å². The summed E-state index contributed by atoms with van der Waals surface area (Å²) in [6.07, 6.45) is 2.67. The topological polar surface area (TPSA) is 59.0 Å². The zero-order chi connectivity index (χ0) is 18.5. The largest absolute Gasteiger partial charge is 0.496 e. The summed E-state index contributed by atoms with van der Waals surface area (Å²) in [5.74, 6) is 0.756. The molecule has 1 atom stereocenters. The molecule has 1 fully saturated rings. The molecule has 5 heteroatoms. The summed E-state index contributed by atoms with van der Waals surface area (Å²) in [5.41, 5.74) is 2.95. The average Bonchev–Trinajstić information content (AvgIpc) is 2.68. The van der Waals surface area contributed by atoms with Gasteiger partial charge < -0.3 is 14.6 Å². The number of carboxylic acid groups (broad SMARTS) is 1. The van der Waals surface area contributed by atoms with E-state index >= 15 is 0 Å². The second-order valence-electron chi connectivity index (χ2n) is 6.55. The quantitative estimate of drug-likeness (QED) is 0.854. The molecular weight excluding hydrogens is 330 g/mol. The Morgan fingerprint density at radius 2 is 1.85 bits per heavy atom. The van der Waals surface area contributed by atoms with Gasteiger partial charge in [0.05, 0.1) is 14.2 Å². The van der Waals surface area contributed by atoms with E-state index in [1.807, 2.05) is 47.4 Å². The van der Waals surface area contributed by atoms with E-state index in [9.17, 15) is 9.90 Å². The van der Waals surface area contributed by atoms with Gasteiger partial charge in [-0.25, -0.2) is 0 Å². The average molecular weight is 355 g/mol. The van der Waals surface area contributed by atoms with Crippen LogP contribution in [0.3, 0.4) is 0 Å². The third-order valence-electron chi connectivity index (χ3n) is 4.96. The van der Waals surface area contributed by atoms with Crippen molar-refractivity contribution in [3.05, 3.63) is 48.0 Å². The SMILES string of the molecule is COc1cc(-c2ccccc2)c(OC)cc1CN1CCCCC1C(=O)O. The van der Waals surface area contributed by atoms with Crippen LogP contribution >= 0.6 is 0 Å². The van der Waals surface area contributed by atoms with Crippen LogP contribution in [0.2, 0.25) is 0 Å². The Morgan fingerprint density at radius 1 is 1.12 bits per heavy atom. The van der Waals surface area contributed by atoms with Gasteiger partial charge in [0.2, 0.25) is 0 Å². The summed E-state index contributed by atoms with van der Waals surface area (Å²) in [7, 11) is 3.30. The lowest BCUT2D eigenvalue weighted by molar-refractivity contribution is -0.144. The van der Waals surface area contributed by atoms with Crippen LogP contribution in [-0.4, -0.2) is 42.8 Å². The zero-order valence-electron chi connectivity index (χ0n) is 15.3. The van der Waals surface area contributed by atoms with Gasteiger partial charge in [-0.15, -0.1) is 0 Å². The predicted molar refractivity (Wildman–Crippen MR) is 101 cm³/mol.